The Bertz CT molecular complexity index is 3990. The summed E-state index contributed by atoms with van der Waals surface area (Å²) in [5.41, 5.74) is 23.2. The predicted molar refractivity (Wildman–Crippen MR) is 352 cm³/mol. The fraction of sp³-hybridized carbons (Fsp3) is 0.250. The number of ether oxygens (including phenoxy) is 1. The van der Waals surface area contributed by atoms with E-state index in [1.807, 2.05) is 0 Å². The minimum atomic E-state index is -0.841. The zero-order chi connectivity index (χ0) is 58.4. The van der Waals surface area contributed by atoms with Gasteiger partial charge in [-0.05, 0) is 191 Å². The van der Waals surface area contributed by atoms with Gasteiger partial charge in [-0.2, -0.15) is 0 Å². The van der Waals surface area contributed by atoms with Gasteiger partial charge in [0.1, 0.15) is 11.5 Å². The normalized spacial score (nSPS) is 15.3. The van der Waals surface area contributed by atoms with Crippen LogP contribution in [0.25, 0.3) is 22.3 Å². The van der Waals surface area contributed by atoms with Gasteiger partial charge in [0.2, 0.25) is 0 Å². The molecule has 2 aliphatic carbocycles. The van der Waals surface area contributed by atoms with Gasteiger partial charge in [0.15, 0.2) is 0 Å². The third kappa shape index (κ3) is 9.66. The molecule has 3 heteroatoms. The summed E-state index contributed by atoms with van der Waals surface area (Å²) in [7, 11) is 0. The molecule has 10 aromatic rings. The van der Waals surface area contributed by atoms with Crippen molar-refractivity contribution in [3.63, 3.8) is 0 Å². The number of rotatable bonds is 10. The van der Waals surface area contributed by atoms with E-state index in [9.17, 15) is 0 Å². The molecule has 3 nitrogen and oxygen atoms in total. The van der Waals surface area contributed by atoms with E-state index in [1.54, 1.807) is 0 Å². The second-order valence-corrected chi connectivity index (χ2v) is 27.9. The second-order valence-electron chi connectivity index (χ2n) is 27.9. The maximum absolute atomic E-state index is 6.76. The summed E-state index contributed by atoms with van der Waals surface area (Å²) in [6, 6.07) is 86.8. The average molecular weight is 1090 g/mol. The van der Waals surface area contributed by atoms with Crippen molar-refractivity contribution in [1.29, 1.82) is 0 Å². The molecule has 0 spiro atoms. The first-order valence-corrected chi connectivity index (χ1v) is 29.8. The van der Waals surface area contributed by atoms with Crippen molar-refractivity contribution in [2.45, 2.75) is 129 Å². The summed E-state index contributed by atoms with van der Waals surface area (Å²) >= 11 is 0. The minimum absolute atomic E-state index is 0.00727. The van der Waals surface area contributed by atoms with E-state index >= 15 is 0 Å². The molecule has 0 amide bonds. The summed E-state index contributed by atoms with van der Waals surface area (Å²) < 4.78 is 6.76. The highest BCUT2D eigenvalue weighted by Gasteiger charge is 2.52. The van der Waals surface area contributed by atoms with Crippen LogP contribution in [0.4, 0.5) is 34.1 Å². The number of fused-ring (bicyclic) bond motifs is 7. The standard InChI is InChI=1S/C80H80N2O/c1-75(2,3)53-29-31-57(32-30-53)80(58-39-48-65(49-40-58)83-64-46-37-56(38-47-64)78(10,11)12)69-51-63(81(59-23-17-15-18-24-59)61-41-33-54(34-42-61)76(4,5)6)45-50-67(69)72-70(80)52-71(74-73(72)66-27-21-22-28-68(66)79(74,13)14)82(60-25-19-16-20-26-60)62-43-35-55(36-44-62)77(7,8)9/h15-52H,1-14H3. The minimum Gasteiger partial charge on any atom is -0.457 e. The molecule has 2 aliphatic rings. The number of benzene rings is 10. The Labute approximate surface area is 495 Å². The summed E-state index contributed by atoms with van der Waals surface area (Å²) in [6.07, 6.45) is 0. The summed E-state index contributed by atoms with van der Waals surface area (Å²) in [5, 5.41) is 0. The molecule has 416 valence electrons. The van der Waals surface area contributed by atoms with E-state index in [2.05, 4.69) is 337 Å². The van der Waals surface area contributed by atoms with Crippen LogP contribution in [-0.2, 0) is 32.5 Å². The molecular weight excluding hydrogens is 1000 g/mol. The topological polar surface area (TPSA) is 15.7 Å². The smallest absolute Gasteiger partial charge is 0.127 e. The molecule has 0 radical (unpaired) electrons. The summed E-state index contributed by atoms with van der Waals surface area (Å²) in [4.78, 5) is 4.99. The predicted octanol–water partition coefficient (Wildman–Crippen LogP) is 22.3. The SMILES string of the molecule is CC(C)(C)c1ccc(Oc2ccc(C3(c4ccc(C(C)(C)C)cc4)c4cc(N(c5ccccc5)c5ccc(C(C)(C)C)cc5)ccc4-c4c3cc(N(c3ccccc3)c3ccc(C(C)(C)C)cc3)c3c4-c4ccccc4C3(C)C)cc2)cc1. The molecule has 0 aromatic heterocycles. The lowest BCUT2D eigenvalue weighted by Gasteiger charge is -2.38. The van der Waals surface area contributed by atoms with Crippen LogP contribution in [0, 0.1) is 0 Å². The quantitative estimate of drug-likeness (QED) is 0.136. The number of anilines is 6. The van der Waals surface area contributed by atoms with Crippen molar-refractivity contribution in [2.75, 3.05) is 9.80 Å². The van der Waals surface area contributed by atoms with E-state index < -0.39 is 5.41 Å². The zero-order valence-corrected chi connectivity index (χ0v) is 51.2. The van der Waals surface area contributed by atoms with Crippen LogP contribution >= 0.6 is 0 Å². The van der Waals surface area contributed by atoms with Gasteiger partial charge in [0.25, 0.3) is 0 Å². The maximum Gasteiger partial charge on any atom is 0.127 e. The van der Waals surface area contributed by atoms with Crippen LogP contribution in [0.1, 0.15) is 153 Å². The van der Waals surface area contributed by atoms with Gasteiger partial charge >= 0.3 is 0 Å². The van der Waals surface area contributed by atoms with Crippen LogP contribution in [-0.4, -0.2) is 0 Å². The fourth-order valence-electron chi connectivity index (χ4n) is 13.2. The Morgan fingerprint density at radius 1 is 0.313 bits per heavy atom. The van der Waals surface area contributed by atoms with Crippen LogP contribution < -0.4 is 14.5 Å². The Kier molecular flexibility index (Phi) is 13.4. The van der Waals surface area contributed by atoms with E-state index in [1.165, 1.54) is 78.0 Å². The number of hydrogen-bond acceptors (Lipinski definition) is 3. The van der Waals surface area contributed by atoms with Gasteiger partial charge in [-0.3, -0.25) is 0 Å². The highest BCUT2D eigenvalue weighted by molar-refractivity contribution is 6.05. The Hall–Kier alpha value is -8.40. The lowest BCUT2D eigenvalue weighted by atomic mass is 9.66. The number of hydrogen-bond donors (Lipinski definition) is 0. The van der Waals surface area contributed by atoms with Crippen LogP contribution in [0.5, 0.6) is 11.5 Å². The van der Waals surface area contributed by atoms with Crippen molar-refractivity contribution in [1.82, 2.24) is 0 Å². The van der Waals surface area contributed by atoms with Gasteiger partial charge in [-0.1, -0.05) is 236 Å². The van der Waals surface area contributed by atoms with Gasteiger partial charge in [0.05, 0.1) is 11.1 Å². The van der Waals surface area contributed by atoms with Crippen LogP contribution in [0.2, 0.25) is 0 Å². The molecular formula is C80H80N2O. The molecule has 1 unspecified atom stereocenters. The first kappa shape index (κ1) is 55.2. The summed E-state index contributed by atoms with van der Waals surface area (Å²) in [6.45, 7) is 32.3. The molecule has 0 bridgehead atoms. The highest BCUT2D eigenvalue weighted by atomic mass is 16.5. The van der Waals surface area contributed by atoms with Gasteiger partial charge in [0, 0.05) is 33.9 Å². The Morgan fingerprint density at radius 3 is 1.18 bits per heavy atom. The first-order valence-electron chi connectivity index (χ1n) is 29.8. The molecule has 1 atom stereocenters. The van der Waals surface area contributed by atoms with Crippen molar-refractivity contribution < 1.29 is 4.74 Å². The third-order valence-electron chi connectivity index (χ3n) is 17.8. The molecule has 10 aromatic carbocycles. The zero-order valence-electron chi connectivity index (χ0n) is 51.2. The molecule has 0 aliphatic heterocycles. The van der Waals surface area contributed by atoms with Crippen molar-refractivity contribution in [3.8, 4) is 33.8 Å². The van der Waals surface area contributed by atoms with Gasteiger partial charge < -0.3 is 14.5 Å². The largest absolute Gasteiger partial charge is 0.457 e. The molecule has 0 N–H and O–H groups in total. The lowest BCUT2D eigenvalue weighted by Crippen LogP contribution is -2.30. The molecule has 0 fully saturated rings. The molecule has 0 heterocycles. The Balaban J connectivity index is 1.20. The van der Waals surface area contributed by atoms with Crippen LogP contribution in [0.3, 0.4) is 0 Å². The fourth-order valence-corrected chi connectivity index (χ4v) is 13.2. The maximum atomic E-state index is 6.76. The molecule has 0 saturated carbocycles. The third-order valence-corrected chi connectivity index (χ3v) is 17.8. The molecule has 0 saturated heterocycles. The average Bonchev–Trinajstić information content (AvgIpc) is 1.54. The number of para-hydroxylation sites is 2. The lowest BCUT2D eigenvalue weighted by molar-refractivity contribution is 0.481. The Morgan fingerprint density at radius 2 is 0.687 bits per heavy atom. The highest BCUT2D eigenvalue weighted by Crippen LogP contribution is 2.66. The van der Waals surface area contributed by atoms with E-state index in [0.29, 0.717) is 0 Å². The van der Waals surface area contributed by atoms with Gasteiger partial charge in [-0.25, -0.2) is 0 Å². The molecule has 12 rings (SSSR count). The monoisotopic (exact) mass is 1080 g/mol. The first-order chi connectivity index (χ1) is 39.4. The summed E-state index contributed by atoms with van der Waals surface area (Å²) in [5.74, 6) is 1.60. The molecule has 83 heavy (non-hydrogen) atoms. The van der Waals surface area contributed by atoms with Crippen molar-refractivity contribution in [3.05, 3.63) is 286 Å². The van der Waals surface area contributed by atoms with E-state index in [0.717, 1.165) is 45.5 Å². The van der Waals surface area contributed by atoms with Crippen LogP contribution in [0.15, 0.2) is 231 Å². The number of nitrogens with zero attached hydrogens (tertiary/aromatic N) is 2. The van der Waals surface area contributed by atoms with E-state index in [4.69, 9.17) is 4.74 Å². The van der Waals surface area contributed by atoms with Gasteiger partial charge in [-0.15, -0.1) is 0 Å². The van der Waals surface area contributed by atoms with E-state index in [-0.39, 0.29) is 27.1 Å². The van der Waals surface area contributed by atoms with Crippen molar-refractivity contribution >= 4 is 34.1 Å². The van der Waals surface area contributed by atoms with Crippen molar-refractivity contribution in [2.24, 2.45) is 0 Å². The second kappa shape index (κ2) is 20.2.